The number of ether oxygens (including phenoxy) is 1. The van der Waals surface area contributed by atoms with Gasteiger partial charge in [0.25, 0.3) is 0 Å². The molecule has 13 heavy (non-hydrogen) atoms. The van der Waals surface area contributed by atoms with Crippen LogP contribution in [0.15, 0.2) is 24.8 Å². The van der Waals surface area contributed by atoms with Crippen molar-refractivity contribution in [1.29, 1.82) is 0 Å². The fraction of sp³-hybridized carbons (Fsp3) is 0.667. The van der Waals surface area contributed by atoms with Gasteiger partial charge >= 0.3 is 0 Å². The molecule has 74 valence electrons. The molecule has 1 heteroatoms. The van der Waals surface area contributed by atoms with E-state index in [1.165, 1.54) is 24.8 Å². The quantitative estimate of drug-likeness (QED) is 0.589. The first kappa shape index (κ1) is 10.5. The number of hydrogen-bond acceptors (Lipinski definition) is 1. The Bertz CT molecular complexity index is 184. The third-order valence-electron chi connectivity index (χ3n) is 2.56. The van der Waals surface area contributed by atoms with E-state index in [2.05, 4.69) is 20.1 Å². The van der Waals surface area contributed by atoms with Crippen LogP contribution in [0.2, 0.25) is 0 Å². The van der Waals surface area contributed by atoms with Crippen LogP contribution in [-0.2, 0) is 4.74 Å². The highest BCUT2D eigenvalue weighted by atomic mass is 16.5. The molecule has 0 spiro atoms. The zero-order valence-electron chi connectivity index (χ0n) is 8.59. The fourth-order valence-corrected chi connectivity index (χ4v) is 1.78. The summed E-state index contributed by atoms with van der Waals surface area (Å²) in [5.41, 5.74) is 1.25. The van der Waals surface area contributed by atoms with E-state index in [0.29, 0.717) is 6.10 Å². The first-order chi connectivity index (χ1) is 6.27. The van der Waals surface area contributed by atoms with Crippen molar-refractivity contribution in [3.63, 3.8) is 0 Å². The highest BCUT2D eigenvalue weighted by Crippen LogP contribution is 2.29. The molecule has 1 heterocycles. The van der Waals surface area contributed by atoms with Crippen molar-refractivity contribution in [2.45, 2.75) is 51.2 Å². The van der Waals surface area contributed by atoms with E-state index in [9.17, 15) is 0 Å². The second-order valence-electron chi connectivity index (χ2n) is 3.78. The normalized spacial score (nSPS) is 27.9. The van der Waals surface area contributed by atoms with Gasteiger partial charge in [0.05, 0.1) is 12.2 Å². The third-order valence-corrected chi connectivity index (χ3v) is 2.56. The lowest BCUT2D eigenvalue weighted by molar-refractivity contribution is 0.0480. The maximum atomic E-state index is 5.85. The zero-order valence-corrected chi connectivity index (χ0v) is 8.59. The molecule has 0 N–H and O–H groups in total. The van der Waals surface area contributed by atoms with E-state index in [4.69, 9.17) is 4.74 Å². The van der Waals surface area contributed by atoms with E-state index < -0.39 is 0 Å². The first-order valence-corrected chi connectivity index (χ1v) is 5.22. The third kappa shape index (κ3) is 3.00. The second-order valence-corrected chi connectivity index (χ2v) is 3.78. The van der Waals surface area contributed by atoms with Gasteiger partial charge in [0.15, 0.2) is 0 Å². The molecule has 1 rings (SSSR count). The van der Waals surface area contributed by atoms with E-state index in [0.717, 1.165) is 12.8 Å². The minimum absolute atomic E-state index is 0.249. The molecule has 0 amide bonds. The van der Waals surface area contributed by atoms with Crippen LogP contribution in [0, 0.1) is 0 Å². The van der Waals surface area contributed by atoms with E-state index in [-0.39, 0.29) is 6.10 Å². The summed E-state index contributed by atoms with van der Waals surface area (Å²) in [4.78, 5) is 0. The Balaban J connectivity index is 2.31. The Hall–Kier alpha value is -0.560. The van der Waals surface area contributed by atoms with Crippen LogP contribution < -0.4 is 0 Å². The molecule has 1 saturated heterocycles. The Morgan fingerprint density at radius 1 is 1.62 bits per heavy atom. The summed E-state index contributed by atoms with van der Waals surface area (Å²) in [5.74, 6) is 0. The van der Waals surface area contributed by atoms with Gasteiger partial charge in [0.2, 0.25) is 0 Å². The lowest BCUT2D eigenvalue weighted by Gasteiger charge is -2.11. The van der Waals surface area contributed by atoms with Crippen molar-refractivity contribution in [3.05, 3.63) is 24.8 Å². The molecule has 1 fully saturated rings. The number of hydrogen-bond donors (Lipinski definition) is 0. The average Bonchev–Trinajstić information content (AvgIpc) is 2.45. The van der Waals surface area contributed by atoms with Gasteiger partial charge < -0.3 is 4.74 Å². The van der Waals surface area contributed by atoms with Gasteiger partial charge in [-0.2, -0.15) is 0 Å². The standard InChI is InChI=1S/C12H20O/c1-4-6-8-11-9-10(3)12(13-11)7-5-2/h5,11-12H,2-4,6-9H2,1H3/t11-,12-/m0/s1. The predicted molar refractivity (Wildman–Crippen MR) is 56.8 cm³/mol. The fourth-order valence-electron chi connectivity index (χ4n) is 1.78. The van der Waals surface area contributed by atoms with Crippen molar-refractivity contribution < 1.29 is 4.74 Å². The van der Waals surface area contributed by atoms with Crippen LogP contribution in [0.1, 0.15) is 39.0 Å². The van der Waals surface area contributed by atoms with Crippen LogP contribution in [0.4, 0.5) is 0 Å². The molecule has 1 aliphatic heterocycles. The molecule has 0 bridgehead atoms. The van der Waals surface area contributed by atoms with Gasteiger partial charge in [0, 0.05) is 0 Å². The van der Waals surface area contributed by atoms with Crippen molar-refractivity contribution in [2.24, 2.45) is 0 Å². The summed E-state index contributed by atoms with van der Waals surface area (Å²) in [6.07, 6.45) is 8.26. The Morgan fingerprint density at radius 2 is 2.38 bits per heavy atom. The smallest absolute Gasteiger partial charge is 0.0821 e. The Labute approximate surface area is 81.5 Å². The number of unbranched alkanes of at least 4 members (excludes halogenated alkanes) is 1. The summed E-state index contributed by atoms with van der Waals surface area (Å²) in [7, 11) is 0. The van der Waals surface area contributed by atoms with Crippen LogP contribution in [0.3, 0.4) is 0 Å². The summed E-state index contributed by atoms with van der Waals surface area (Å²) in [6.45, 7) is 9.98. The van der Waals surface area contributed by atoms with Gasteiger partial charge in [-0.15, -0.1) is 6.58 Å². The van der Waals surface area contributed by atoms with E-state index in [1.54, 1.807) is 0 Å². The van der Waals surface area contributed by atoms with Gasteiger partial charge in [-0.3, -0.25) is 0 Å². The van der Waals surface area contributed by atoms with Crippen molar-refractivity contribution in [3.8, 4) is 0 Å². The molecule has 0 unspecified atom stereocenters. The number of rotatable bonds is 5. The SMILES string of the molecule is C=CC[C@@H]1O[C@@H](CCCC)CC1=C. The molecule has 0 aromatic rings. The highest BCUT2D eigenvalue weighted by Gasteiger charge is 2.26. The molecule has 0 saturated carbocycles. The molecule has 1 nitrogen and oxygen atoms in total. The van der Waals surface area contributed by atoms with Gasteiger partial charge in [0.1, 0.15) is 0 Å². The first-order valence-electron chi connectivity index (χ1n) is 5.22. The summed E-state index contributed by atoms with van der Waals surface area (Å²) in [6, 6.07) is 0. The molecule has 0 aromatic carbocycles. The summed E-state index contributed by atoms with van der Waals surface area (Å²) >= 11 is 0. The van der Waals surface area contributed by atoms with Crippen LogP contribution >= 0.6 is 0 Å². The molecule has 0 radical (unpaired) electrons. The highest BCUT2D eigenvalue weighted by molar-refractivity contribution is 5.10. The molecular formula is C12H20O. The summed E-state index contributed by atoms with van der Waals surface area (Å²) < 4.78 is 5.85. The van der Waals surface area contributed by atoms with E-state index in [1.807, 2.05) is 6.08 Å². The minimum atomic E-state index is 0.249. The molecule has 2 atom stereocenters. The predicted octanol–water partition coefficient (Wildman–Crippen LogP) is 3.47. The second kappa shape index (κ2) is 5.23. The molecule has 1 aliphatic rings. The van der Waals surface area contributed by atoms with Crippen molar-refractivity contribution in [1.82, 2.24) is 0 Å². The Morgan fingerprint density at radius 3 is 3.00 bits per heavy atom. The van der Waals surface area contributed by atoms with E-state index >= 15 is 0 Å². The maximum Gasteiger partial charge on any atom is 0.0821 e. The average molecular weight is 180 g/mol. The summed E-state index contributed by atoms with van der Waals surface area (Å²) in [5, 5.41) is 0. The van der Waals surface area contributed by atoms with Gasteiger partial charge in [-0.05, 0) is 24.8 Å². The Kier molecular flexibility index (Phi) is 4.23. The lowest BCUT2D eigenvalue weighted by Crippen LogP contribution is -2.10. The van der Waals surface area contributed by atoms with Crippen molar-refractivity contribution in [2.75, 3.05) is 0 Å². The largest absolute Gasteiger partial charge is 0.370 e. The molecular weight excluding hydrogens is 160 g/mol. The zero-order chi connectivity index (χ0) is 9.68. The molecule has 0 aromatic heterocycles. The maximum absolute atomic E-state index is 5.85. The topological polar surface area (TPSA) is 9.23 Å². The van der Waals surface area contributed by atoms with Crippen molar-refractivity contribution >= 4 is 0 Å². The molecule has 0 aliphatic carbocycles. The van der Waals surface area contributed by atoms with Gasteiger partial charge in [-0.25, -0.2) is 0 Å². The van der Waals surface area contributed by atoms with Crippen LogP contribution in [0.5, 0.6) is 0 Å². The minimum Gasteiger partial charge on any atom is -0.370 e. The lowest BCUT2D eigenvalue weighted by atomic mass is 10.0. The monoisotopic (exact) mass is 180 g/mol. The van der Waals surface area contributed by atoms with Gasteiger partial charge in [-0.1, -0.05) is 32.4 Å². The van der Waals surface area contributed by atoms with Crippen LogP contribution in [-0.4, -0.2) is 12.2 Å². The van der Waals surface area contributed by atoms with Crippen LogP contribution in [0.25, 0.3) is 0 Å².